The van der Waals surface area contributed by atoms with E-state index < -0.39 is 5.60 Å². The van der Waals surface area contributed by atoms with Crippen LogP contribution in [0, 0.1) is 0 Å². The van der Waals surface area contributed by atoms with Crippen molar-refractivity contribution < 1.29 is 14.3 Å². The molecule has 26 heavy (non-hydrogen) atoms. The van der Waals surface area contributed by atoms with Crippen molar-refractivity contribution in [1.82, 2.24) is 14.8 Å². The van der Waals surface area contributed by atoms with Gasteiger partial charge in [-0.1, -0.05) is 0 Å². The Hall–Kier alpha value is -1.82. The molecule has 0 N–H and O–H groups in total. The summed E-state index contributed by atoms with van der Waals surface area (Å²) in [7, 11) is 0. The van der Waals surface area contributed by atoms with E-state index in [0.717, 1.165) is 31.7 Å². The molecule has 3 atom stereocenters. The summed E-state index contributed by atoms with van der Waals surface area (Å²) in [6, 6.07) is 5.48. The van der Waals surface area contributed by atoms with Gasteiger partial charge in [-0.3, -0.25) is 9.88 Å². The zero-order valence-corrected chi connectivity index (χ0v) is 15.9. The third kappa shape index (κ3) is 3.65. The van der Waals surface area contributed by atoms with E-state index in [1.165, 1.54) is 12.8 Å². The molecule has 1 aromatic heterocycles. The maximum absolute atomic E-state index is 12.2. The van der Waals surface area contributed by atoms with Gasteiger partial charge in [0.15, 0.2) is 0 Å². The lowest BCUT2D eigenvalue weighted by atomic mass is 9.95. The zero-order valence-electron chi connectivity index (χ0n) is 15.9. The van der Waals surface area contributed by atoms with Gasteiger partial charge in [0.1, 0.15) is 17.5 Å². The van der Waals surface area contributed by atoms with E-state index in [-0.39, 0.29) is 12.2 Å². The van der Waals surface area contributed by atoms with E-state index in [9.17, 15) is 4.79 Å². The number of aromatic nitrogens is 1. The van der Waals surface area contributed by atoms with Crippen LogP contribution in [0.3, 0.4) is 0 Å². The summed E-state index contributed by atoms with van der Waals surface area (Å²) < 4.78 is 11.7. The molecule has 4 heterocycles. The maximum atomic E-state index is 12.2. The summed E-state index contributed by atoms with van der Waals surface area (Å²) >= 11 is 0. The monoisotopic (exact) mass is 359 g/mol. The number of carbonyl (C=O) groups is 1. The molecule has 1 unspecified atom stereocenters. The van der Waals surface area contributed by atoms with Gasteiger partial charge in [-0.05, 0) is 58.6 Å². The molecule has 6 nitrogen and oxygen atoms in total. The number of likely N-dealkylation sites (tertiary alicyclic amines) is 1. The van der Waals surface area contributed by atoms with E-state index in [0.29, 0.717) is 18.1 Å². The SMILES string of the molecule is CC(C)(C)OC(=O)N1CC(N2[C@@H]3CC[C@H]2CC(Oc2ccncc2)C3)C1. The highest BCUT2D eigenvalue weighted by atomic mass is 16.6. The van der Waals surface area contributed by atoms with Crippen molar-refractivity contribution in [3.05, 3.63) is 24.5 Å². The Bertz CT molecular complexity index is 625. The quantitative estimate of drug-likeness (QED) is 0.830. The number of hydrogen-bond donors (Lipinski definition) is 0. The summed E-state index contributed by atoms with van der Waals surface area (Å²) in [5.41, 5.74) is -0.427. The summed E-state index contributed by atoms with van der Waals surface area (Å²) in [5, 5.41) is 0. The molecule has 0 radical (unpaired) electrons. The number of fused-ring (bicyclic) bond motifs is 2. The molecule has 0 aliphatic carbocycles. The second-order valence-corrected chi connectivity index (χ2v) is 8.77. The largest absolute Gasteiger partial charge is 0.490 e. The number of piperidine rings is 1. The molecule has 3 aliphatic heterocycles. The summed E-state index contributed by atoms with van der Waals surface area (Å²) in [6.45, 7) is 7.32. The molecule has 142 valence electrons. The van der Waals surface area contributed by atoms with Crippen molar-refractivity contribution in [2.45, 2.75) is 76.3 Å². The van der Waals surface area contributed by atoms with Crippen LogP contribution in [-0.4, -0.2) is 63.8 Å². The normalized spacial score (nSPS) is 29.3. The van der Waals surface area contributed by atoms with Crippen molar-refractivity contribution in [3.8, 4) is 5.75 Å². The first-order chi connectivity index (χ1) is 12.4. The van der Waals surface area contributed by atoms with E-state index in [4.69, 9.17) is 9.47 Å². The van der Waals surface area contributed by atoms with Crippen LogP contribution in [0.25, 0.3) is 0 Å². The average Bonchev–Trinajstić information content (AvgIpc) is 2.76. The summed E-state index contributed by atoms with van der Waals surface area (Å²) in [5.74, 6) is 0.914. The van der Waals surface area contributed by atoms with Crippen LogP contribution in [-0.2, 0) is 4.74 Å². The van der Waals surface area contributed by atoms with Gasteiger partial charge < -0.3 is 14.4 Å². The minimum absolute atomic E-state index is 0.183. The highest BCUT2D eigenvalue weighted by molar-refractivity contribution is 5.69. The molecule has 0 spiro atoms. The fraction of sp³-hybridized carbons (Fsp3) is 0.700. The number of carbonyl (C=O) groups excluding carboxylic acids is 1. The second-order valence-electron chi connectivity index (χ2n) is 8.77. The Morgan fingerprint density at radius 3 is 2.27 bits per heavy atom. The van der Waals surface area contributed by atoms with E-state index in [2.05, 4.69) is 9.88 Å². The van der Waals surface area contributed by atoms with E-state index in [1.54, 1.807) is 12.4 Å². The Kier molecular flexibility index (Phi) is 4.55. The highest BCUT2D eigenvalue weighted by Crippen LogP contribution is 2.40. The van der Waals surface area contributed by atoms with Gasteiger partial charge in [-0.15, -0.1) is 0 Å². The van der Waals surface area contributed by atoms with Crippen LogP contribution < -0.4 is 4.74 Å². The molecule has 3 aliphatic rings. The topological polar surface area (TPSA) is 54.9 Å². The first-order valence-corrected chi connectivity index (χ1v) is 9.71. The fourth-order valence-corrected chi connectivity index (χ4v) is 4.58. The lowest BCUT2D eigenvalue weighted by Crippen LogP contribution is -2.65. The van der Waals surface area contributed by atoms with Crippen LogP contribution in [0.15, 0.2) is 24.5 Å². The van der Waals surface area contributed by atoms with Gasteiger partial charge in [-0.25, -0.2) is 4.79 Å². The lowest BCUT2D eigenvalue weighted by Gasteiger charge is -2.50. The number of ether oxygens (including phenoxy) is 2. The number of hydrogen-bond acceptors (Lipinski definition) is 5. The molecule has 6 heteroatoms. The maximum Gasteiger partial charge on any atom is 0.410 e. The molecule has 0 saturated carbocycles. The van der Waals surface area contributed by atoms with Crippen LogP contribution in [0.4, 0.5) is 4.79 Å². The van der Waals surface area contributed by atoms with Gasteiger partial charge >= 0.3 is 6.09 Å². The number of rotatable bonds is 3. The minimum atomic E-state index is -0.427. The fourth-order valence-electron chi connectivity index (χ4n) is 4.58. The molecule has 4 rings (SSSR count). The molecule has 2 bridgehead atoms. The molecular weight excluding hydrogens is 330 g/mol. The predicted molar refractivity (Wildman–Crippen MR) is 98.1 cm³/mol. The van der Waals surface area contributed by atoms with Gasteiger partial charge in [0.2, 0.25) is 0 Å². The van der Waals surface area contributed by atoms with E-state index in [1.807, 2.05) is 37.8 Å². The zero-order chi connectivity index (χ0) is 18.3. The first-order valence-electron chi connectivity index (χ1n) is 9.71. The predicted octanol–water partition coefficient (Wildman–Crippen LogP) is 3.08. The lowest BCUT2D eigenvalue weighted by molar-refractivity contribution is -0.0489. The van der Waals surface area contributed by atoms with Crippen molar-refractivity contribution >= 4 is 6.09 Å². The van der Waals surface area contributed by atoms with Crippen LogP contribution in [0.2, 0.25) is 0 Å². The molecule has 3 fully saturated rings. The number of pyridine rings is 1. The standard InChI is InChI=1S/C20H29N3O3/c1-20(2,3)26-19(24)22-12-16(13-22)23-14-4-5-15(23)11-18(10-14)25-17-6-8-21-9-7-17/h6-9,14-16,18H,4-5,10-13H2,1-3H3/t14-,15+,18?. The van der Waals surface area contributed by atoms with Crippen molar-refractivity contribution in [1.29, 1.82) is 0 Å². The minimum Gasteiger partial charge on any atom is -0.490 e. The van der Waals surface area contributed by atoms with Crippen molar-refractivity contribution in [2.24, 2.45) is 0 Å². The van der Waals surface area contributed by atoms with Gasteiger partial charge in [-0.2, -0.15) is 0 Å². The van der Waals surface area contributed by atoms with Gasteiger partial charge in [0.05, 0.1) is 0 Å². The third-order valence-electron chi connectivity index (χ3n) is 5.63. The molecule has 3 saturated heterocycles. The summed E-state index contributed by atoms with van der Waals surface area (Å²) in [6.07, 6.45) is 8.28. The Morgan fingerprint density at radius 2 is 1.69 bits per heavy atom. The van der Waals surface area contributed by atoms with Crippen LogP contribution in [0.1, 0.15) is 46.5 Å². The second kappa shape index (κ2) is 6.72. The molecule has 0 aromatic carbocycles. The van der Waals surface area contributed by atoms with Crippen LogP contribution in [0.5, 0.6) is 5.75 Å². The smallest absolute Gasteiger partial charge is 0.410 e. The molecule has 1 aromatic rings. The number of amides is 1. The first kappa shape index (κ1) is 17.6. The van der Waals surface area contributed by atoms with Crippen molar-refractivity contribution in [3.63, 3.8) is 0 Å². The Balaban J connectivity index is 1.30. The van der Waals surface area contributed by atoms with Crippen molar-refractivity contribution in [2.75, 3.05) is 13.1 Å². The van der Waals surface area contributed by atoms with Gasteiger partial charge in [0, 0.05) is 43.6 Å². The van der Waals surface area contributed by atoms with Crippen LogP contribution >= 0.6 is 0 Å². The Labute approximate surface area is 155 Å². The molecular formula is C20H29N3O3. The average molecular weight is 359 g/mol. The summed E-state index contributed by atoms with van der Waals surface area (Å²) in [4.78, 5) is 20.7. The Morgan fingerprint density at radius 1 is 1.08 bits per heavy atom. The highest BCUT2D eigenvalue weighted by Gasteiger charge is 2.48. The number of nitrogens with zero attached hydrogens (tertiary/aromatic N) is 3. The van der Waals surface area contributed by atoms with Gasteiger partial charge in [0.25, 0.3) is 0 Å². The van der Waals surface area contributed by atoms with E-state index >= 15 is 0 Å². The third-order valence-corrected chi connectivity index (χ3v) is 5.63. The molecule has 1 amide bonds.